The summed E-state index contributed by atoms with van der Waals surface area (Å²) in [6.07, 6.45) is -32.0. The van der Waals surface area contributed by atoms with Crippen molar-refractivity contribution in [3.05, 3.63) is 28.8 Å². The minimum Gasteiger partial charge on any atom is -0.394 e. The lowest BCUT2D eigenvalue weighted by Gasteiger charge is -2.47. The van der Waals surface area contributed by atoms with Gasteiger partial charge in [0.15, 0.2) is 31.3 Å². The third-order valence-corrected chi connectivity index (χ3v) is 12.1. The minimum absolute atomic E-state index is 0.181. The number of aliphatic hydroxyl groups is 11. The maximum Gasteiger partial charge on any atom is 0.298 e. The SMILES string of the molecule is Cc1cc(C)c(S(=O)(=O)O[C@H]2[C@@H](O[C@H]3[C@@H]4O[C@@H]4[C@@H](O[C@H]4[C@H](O)[C@@H](O)[C@@H](O[C@H]5[C@H](O)[C@@H](O)C(O)O[C@@H]5CO)O[C@@H]4CO)O[C@@H]3CO)O[C@H](CO)[C@@H](O)[C@@H]2O)c(C)c1. The van der Waals surface area contributed by atoms with E-state index in [1.165, 1.54) is 0 Å². The first-order valence-corrected chi connectivity index (χ1v) is 19.3. The summed E-state index contributed by atoms with van der Waals surface area (Å²) in [5.74, 6) is 0. The van der Waals surface area contributed by atoms with E-state index in [2.05, 4.69) is 0 Å². The summed E-state index contributed by atoms with van der Waals surface area (Å²) in [4.78, 5) is -0.181. The molecule has 23 heteroatoms. The molecule has 0 aromatic heterocycles. The van der Waals surface area contributed by atoms with Crippen molar-refractivity contribution in [1.82, 2.24) is 0 Å². The highest BCUT2D eigenvalue weighted by atomic mass is 32.2. The van der Waals surface area contributed by atoms with E-state index in [1.807, 2.05) is 0 Å². The fourth-order valence-corrected chi connectivity index (χ4v) is 9.14. The van der Waals surface area contributed by atoms with Crippen molar-refractivity contribution in [3.8, 4) is 0 Å². The zero-order valence-electron chi connectivity index (χ0n) is 30.3. The number of rotatable bonds is 13. The van der Waals surface area contributed by atoms with Gasteiger partial charge in [-0.3, -0.25) is 4.18 Å². The third kappa shape index (κ3) is 8.52. The predicted octanol–water partition coefficient (Wildman–Crippen LogP) is -6.36. The lowest BCUT2D eigenvalue weighted by molar-refractivity contribution is -0.369. The van der Waals surface area contributed by atoms with Crippen molar-refractivity contribution in [2.75, 3.05) is 26.4 Å². The van der Waals surface area contributed by atoms with Crippen LogP contribution in [0, 0.1) is 20.8 Å². The average molecular weight is 831 g/mol. The van der Waals surface area contributed by atoms with Crippen molar-refractivity contribution < 1.29 is 107 Å². The molecule has 0 amide bonds. The highest BCUT2D eigenvalue weighted by molar-refractivity contribution is 7.86. The Labute approximate surface area is 320 Å². The fourth-order valence-electron chi connectivity index (χ4n) is 7.64. The van der Waals surface area contributed by atoms with Gasteiger partial charge in [0.05, 0.1) is 31.3 Å². The molecule has 22 nitrogen and oxygen atoms in total. The molecular formula is C33H50O22S. The highest BCUT2D eigenvalue weighted by Gasteiger charge is 2.62. The van der Waals surface area contributed by atoms with E-state index >= 15 is 0 Å². The van der Waals surface area contributed by atoms with Crippen LogP contribution in [0.15, 0.2) is 17.0 Å². The Hall–Kier alpha value is -1.63. The first-order valence-electron chi connectivity index (χ1n) is 17.9. The van der Waals surface area contributed by atoms with Gasteiger partial charge in [-0.1, -0.05) is 17.7 Å². The van der Waals surface area contributed by atoms with Gasteiger partial charge in [-0.05, 0) is 31.9 Å². The summed E-state index contributed by atoms with van der Waals surface area (Å²) in [5.41, 5.74) is 1.49. The van der Waals surface area contributed by atoms with Gasteiger partial charge in [-0.15, -0.1) is 0 Å². The van der Waals surface area contributed by atoms with Crippen molar-refractivity contribution in [2.45, 2.75) is 148 Å². The Kier molecular flexibility index (Phi) is 13.8. The third-order valence-electron chi connectivity index (χ3n) is 10.5. The van der Waals surface area contributed by atoms with Crippen LogP contribution in [0.4, 0.5) is 0 Å². The van der Waals surface area contributed by atoms with Crippen molar-refractivity contribution in [1.29, 1.82) is 0 Å². The standard InChI is InChI=1S/C33H50O22S/c1-10-4-11(2)29(12(3)5-10)56(45,46)55-26-18(39)17(38)13(6-34)48-32(26)54-25-16(9-37)50-33(28-27(25)51-28)53-24-15(8-36)49-31(22(43)20(24)41)52-23-14(7-35)47-30(44)21(42)19(23)40/h4-5,13-28,30-44H,6-9H2,1-3H3/t13-,14-,15-,16-,17-,18+,19-,20-,21-,22-,23-,24-,25-,26-,27+,28+,30?,31-,32-,33-/m1/s1. The van der Waals surface area contributed by atoms with Crippen LogP contribution in [0.25, 0.3) is 0 Å². The number of fused-ring (bicyclic) bond motifs is 1. The molecule has 5 fully saturated rings. The molecule has 20 atom stereocenters. The molecule has 0 radical (unpaired) electrons. The molecule has 5 saturated heterocycles. The Bertz CT molecular complexity index is 1570. The molecule has 5 aliphatic heterocycles. The van der Waals surface area contributed by atoms with Crippen LogP contribution in [-0.4, -0.2) is 214 Å². The van der Waals surface area contributed by atoms with Crippen LogP contribution in [0.2, 0.25) is 0 Å². The largest absolute Gasteiger partial charge is 0.394 e. The molecule has 0 aliphatic carbocycles. The molecule has 5 aliphatic rings. The maximum atomic E-state index is 13.6. The van der Waals surface area contributed by atoms with E-state index in [4.69, 9.17) is 42.1 Å². The monoisotopic (exact) mass is 830 g/mol. The topological polar surface area (TPSA) is 343 Å². The second kappa shape index (κ2) is 17.5. The number of hydrogen-bond donors (Lipinski definition) is 11. The van der Waals surface area contributed by atoms with Crippen LogP contribution in [-0.2, 0) is 52.2 Å². The minimum atomic E-state index is -4.64. The Balaban J connectivity index is 1.15. The van der Waals surface area contributed by atoms with E-state index in [0.29, 0.717) is 11.1 Å². The molecule has 0 saturated carbocycles. The van der Waals surface area contributed by atoms with Crippen LogP contribution in [0.1, 0.15) is 16.7 Å². The first-order chi connectivity index (χ1) is 26.5. The normalized spacial score (nSPS) is 45.7. The second-order valence-corrected chi connectivity index (χ2v) is 16.0. The van der Waals surface area contributed by atoms with Gasteiger partial charge in [0.1, 0.15) is 91.6 Å². The lowest BCUT2D eigenvalue weighted by Crippen LogP contribution is -2.65. The molecule has 5 heterocycles. The average Bonchev–Trinajstić information content (AvgIpc) is 3.95. The summed E-state index contributed by atoms with van der Waals surface area (Å²) >= 11 is 0. The van der Waals surface area contributed by atoms with Gasteiger partial charge in [-0.25, -0.2) is 0 Å². The van der Waals surface area contributed by atoms with Gasteiger partial charge in [-0.2, -0.15) is 8.42 Å². The second-order valence-electron chi connectivity index (χ2n) is 14.5. The quantitative estimate of drug-likeness (QED) is 0.0650. The summed E-state index contributed by atoms with van der Waals surface area (Å²) in [7, 11) is -4.64. The van der Waals surface area contributed by atoms with Gasteiger partial charge in [0.25, 0.3) is 10.1 Å². The molecule has 1 aromatic rings. The Morgan fingerprint density at radius 3 is 1.57 bits per heavy atom. The molecule has 1 aromatic carbocycles. The van der Waals surface area contributed by atoms with Crippen molar-refractivity contribution in [3.63, 3.8) is 0 Å². The molecule has 0 spiro atoms. The summed E-state index contributed by atoms with van der Waals surface area (Å²) in [5, 5.41) is 114. The Morgan fingerprint density at radius 2 is 0.982 bits per heavy atom. The van der Waals surface area contributed by atoms with E-state index in [-0.39, 0.29) is 4.90 Å². The van der Waals surface area contributed by atoms with Crippen LogP contribution in [0.3, 0.4) is 0 Å². The molecule has 56 heavy (non-hydrogen) atoms. The van der Waals surface area contributed by atoms with E-state index in [1.54, 1.807) is 32.9 Å². The van der Waals surface area contributed by atoms with Crippen LogP contribution >= 0.6 is 0 Å². The maximum absolute atomic E-state index is 13.6. The number of epoxide rings is 1. The van der Waals surface area contributed by atoms with Crippen LogP contribution < -0.4 is 0 Å². The molecule has 1 unspecified atom stereocenters. The molecule has 6 rings (SSSR count). The first kappa shape index (κ1) is 43.9. The van der Waals surface area contributed by atoms with Gasteiger partial charge >= 0.3 is 0 Å². The number of aryl methyl sites for hydroxylation is 3. The highest BCUT2D eigenvalue weighted by Crippen LogP contribution is 2.43. The van der Waals surface area contributed by atoms with E-state index in [9.17, 15) is 64.6 Å². The number of aliphatic hydroxyl groups excluding tert-OH is 11. The van der Waals surface area contributed by atoms with E-state index < -0.39 is 159 Å². The van der Waals surface area contributed by atoms with Crippen LogP contribution in [0.5, 0.6) is 0 Å². The number of ether oxygens (including phenoxy) is 8. The number of benzene rings is 1. The zero-order chi connectivity index (χ0) is 41.0. The number of hydrogen-bond acceptors (Lipinski definition) is 22. The van der Waals surface area contributed by atoms with Gasteiger partial charge in [0, 0.05) is 0 Å². The van der Waals surface area contributed by atoms with Crippen molar-refractivity contribution in [2.24, 2.45) is 0 Å². The zero-order valence-corrected chi connectivity index (χ0v) is 31.2. The summed E-state index contributed by atoms with van der Waals surface area (Å²) in [6, 6.07) is 3.24. The molecule has 320 valence electrons. The van der Waals surface area contributed by atoms with E-state index in [0.717, 1.165) is 5.56 Å². The Morgan fingerprint density at radius 1 is 0.518 bits per heavy atom. The lowest BCUT2D eigenvalue weighted by atomic mass is 9.96. The van der Waals surface area contributed by atoms with Crippen molar-refractivity contribution >= 4 is 10.1 Å². The fraction of sp³-hybridized carbons (Fsp3) is 0.818. The van der Waals surface area contributed by atoms with Gasteiger partial charge in [0.2, 0.25) is 0 Å². The molecular weight excluding hydrogens is 780 g/mol. The summed E-state index contributed by atoms with van der Waals surface area (Å²) < 4.78 is 78.2. The molecule has 0 bridgehead atoms. The van der Waals surface area contributed by atoms with Gasteiger partial charge < -0.3 is 94.1 Å². The predicted molar refractivity (Wildman–Crippen MR) is 177 cm³/mol. The molecule has 11 N–H and O–H groups in total. The smallest absolute Gasteiger partial charge is 0.298 e. The summed E-state index contributed by atoms with van der Waals surface area (Å²) in [6.45, 7) is 1.69.